The van der Waals surface area contributed by atoms with E-state index in [9.17, 15) is 13.6 Å². The summed E-state index contributed by atoms with van der Waals surface area (Å²) in [6.07, 6.45) is 0. The Balaban J connectivity index is 0.000000181. The lowest BCUT2D eigenvalue weighted by atomic mass is 9.96. The number of aryl methyl sites for hydroxylation is 19. The predicted octanol–water partition coefficient (Wildman–Crippen LogP) is 35.0. The molecule has 0 aliphatic rings. The maximum absolute atomic E-state index is 12.1. The van der Waals surface area contributed by atoms with Crippen molar-refractivity contribution >= 4 is 69.6 Å². The minimum absolute atomic E-state index is 0.0833. The SMILES string of the molecule is Cc1ccc(-c2cc(C)cc(-c3ccc(C)cc3)c2)cc1.Cc1ccc(-c2cccc(-c3ccc(C)cc3)c2)cc1.Cc1ccc(C(=O)c2ccc(C)cc2)cc1.Cc1ccc(C)cc1.Cc1ccc(C)cc1.Cc1ccc(Oc2ccc(C)cc2)cc1.Cc1ccc(S(=O)[O-])cc1.Cc1ccc(Sc2ccc(C)cc2)cc1.Cc1ccc([SiH](C)C)cc1.Cc1ccc([Si](C)(C)O[Si](C)(C)c2ccc(C)cc2)cc1. The van der Waals surface area contributed by atoms with Gasteiger partial charge in [-0.3, -0.25) is 9.00 Å². The van der Waals surface area contributed by atoms with E-state index < -0.39 is 36.5 Å². The van der Waals surface area contributed by atoms with Gasteiger partial charge >= 0.3 is 0 Å². The minimum atomic E-state index is -2.09. The van der Waals surface area contributed by atoms with Crippen LogP contribution in [0.4, 0.5) is 0 Å². The quantitative estimate of drug-likeness (QED) is 0.0545. The van der Waals surface area contributed by atoms with E-state index in [1.54, 1.807) is 41.2 Å². The van der Waals surface area contributed by atoms with E-state index in [2.05, 4.69) is 459 Å². The van der Waals surface area contributed by atoms with Crippen LogP contribution in [-0.2, 0) is 15.2 Å². The average molecular weight is 1990 g/mol. The van der Waals surface area contributed by atoms with Gasteiger partial charge in [-0.2, -0.15) is 0 Å². The molecule has 10 heteroatoms. The normalized spacial score (nSPS) is 10.7. The zero-order valence-corrected chi connectivity index (χ0v) is 94.2. The third-order valence-corrected chi connectivity index (χ3v) is 35.0. The number of rotatable bonds is 16. The fraction of sp³-hybridized carbons (Fsp3) is 0.187. The molecule has 0 amide bonds. The highest BCUT2D eigenvalue weighted by Gasteiger charge is 2.36. The van der Waals surface area contributed by atoms with Crippen LogP contribution >= 0.6 is 11.8 Å². The van der Waals surface area contributed by atoms with Gasteiger partial charge in [-0.15, -0.1) is 0 Å². The van der Waals surface area contributed by atoms with E-state index in [1.165, 1.54) is 165 Å². The standard InChI is InChI=1S/C21H20.C20H18.C18H26OSi2.C15H14O.C14H14O.C14H14S.C9H14Si.2C8H10.C7H8O2S/c1-15-4-8-18(9-5-15)20-12-17(3)13-21(14-20)19-10-6-16(2)7-11-19;1-15-6-10-17(11-7-15)19-4-3-5-20(14-19)18-12-8-16(2)9-13-18;1-15-7-11-17(12-8-15)20(3,4)19-21(5,6)18-13-9-16(2)10-14-18;1-11-3-7-13(8-4-11)15(16)14-9-5-12(2)6-10-14;2*1-11-3-7-13(8-4-11)15-14-9-5-12(2)6-10-14;1-8-4-6-9(7-5-8)10(2)3;2*1-7-3-5-8(2)6-4-7;1-6-2-4-7(5-3-6)10(8)9/h4-14H,1-3H3;3-14H,1-2H3;7-14H,1-6H3;3-10H,1-2H3;2*3-10H,1-2H3;4-7,10H,1-3H3;2*3-6H,1-2H3;2-5H,1H3,(H,8,9)/p-1. The fourth-order valence-corrected chi connectivity index (χ4v) is 24.9. The van der Waals surface area contributed by atoms with E-state index in [0.29, 0.717) is 4.90 Å². The maximum atomic E-state index is 12.1. The van der Waals surface area contributed by atoms with Crippen LogP contribution < -0.4 is 20.3 Å². The maximum Gasteiger partial charge on any atom is 0.206 e. The summed E-state index contributed by atoms with van der Waals surface area (Å²) in [6, 6.07) is 149. The van der Waals surface area contributed by atoms with Crippen molar-refractivity contribution in [2.45, 2.75) is 186 Å². The second-order valence-electron chi connectivity index (χ2n) is 38.9. The number of hydrogen-bond acceptors (Lipinski definition) is 6. The lowest BCUT2D eigenvalue weighted by Gasteiger charge is -2.34. The third-order valence-electron chi connectivity index (χ3n) is 24.1. The molecule has 0 saturated heterocycles. The second kappa shape index (κ2) is 57.7. The monoisotopic (exact) mass is 1980 g/mol. The summed E-state index contributed by atoms with van der Waals surface area (Å²) in [5.74, 6) is 1.84. The molecule has 0 aliphatic heterocycles. The number of ketones is 1. The summed E-state index contributed by atoms with van der Waals surface area (Å²) in [4.78, 5) is 15.0. The summed E-state index contributed by atoms with van der Waals surface area (Å²) >= 11 is -0.282. The van der Waals surface area contributed by atoms with Crippen molar-refractivity contribution in [3.05, 3.63) is 548 Å². The first-order valence-corrected chi connectivity index (χ1v) is 60.2. The number of carbonyl (C=O) groups is 1. The van der Waals surface area contributed by atoms with Gasteiger partial charge in [-0.1, -0.05) is 488 Å². The molecule has 1 unspecified atom stereocenters. The van der Waals surface area contributed by atoms with Gasteiger partial charge < -0.3 is 13.4 Å². The molecule has 0 fully saturated rings. The summed E-state index contributed by atoms with van der Waals surface area (Å²) in [5.41, 5.74) is 35.9. The largest absolute Gasteiger partial charge is 0.768 e. The van der Waals surface area contributed by atoms with Crippen LogP contribution in [0.3, 0.4) is 0 Å². The summed E-state index contributed by atoms with van der Waals surface area (Å²) < 4.78 is 33.1. The lowest BCUT2D eigenvalue weighted by molar-refractivity contribution is 0.103. The number of carbonyl (C=O) groups excluding carboxylic acids is 1. The van der Waals surface area contributed by atoms with E-state index in [-0.39, 0.29) is 5.78 Å². The Morgan fingerprint density at radius 3 is 0.708 bits per heavy atom. The minimum Gasteiger partial charge on any atom is -0.768 e. The first kappa shape index (κ1) is 114. The third kappa shape index (κ3) is 40.7. The predicted molar refractivity (Wildman–Crippen MR) is 631 cm³/mol. The molecular formula is C134H147O5S2Si3-. The summed E-state index contributed by atoms with van der Waals surface area (Å²) in [5, 5.41) is 4.31. The summed E-state index contributed by atoms with van der Waals surface area (Å²) in [6.45, 7) is 53.6. The van der Waals surface area contributed by atoms with Gasteiger partial charge in [0.25, 0.3) is 0 Å². The molecule has 144 heavy (non-hydrogen) atoms. The highest BCUT2D eigenvalue weighted by molar-refractivity contribution is 7.99. The Morgan fingerprint density at radius 1 is 0.243 bits per heavy atom. The van der Waals surface area contributed by atoms with Crippen molar-refractivity contribution in [3.63, 3.8) is 0 Å². The Bertz CT molecular complexity index is 6400. The Hall–Kier alpha value is -13.5. The highest BCUT2D eigenvalue weighted by Crippen LogP contribution is 2.33. The zero-order valence-electron chi connectivity index (χ0n) is 89.4. The van der Waals surface area contributed by atoms with E-state index in [1.807, 2.05) is 118 Å². The fourth-order valence-electron chi connectivity index (χ4n) is 14.8. The molecular weight excluding hydrogens is 1840 g/mol. The molecule has 0 radical (unpaired) electrons. The molecule has 0 bridgehead atoms. The highest BCUT2D eigenvalue weighted by atomic mass is 32.2. The molecule has 0 aromatic heterocycles. The molecule has 18 aromatic rings. The van der Waals surface area contributed by atoms with Crippen LogP contribution in [0.5, 0.6) is 11.5 Å². The van der Waals surface area contributed by atoms with Gasteiger partial charge in [0.15, 0.2) is 5.78 Å². The van der Waals surface area contributed by atoms with Crippen LogP contribution in [0.2, 0.25) is 39.3 Å². The number of benzene rings is 18. The molecule has 5 nitrogen and oxygen atoms in total. The Labute approximate surface area is 874 Å². The molecule has 1 atom stereocenters. The second-order valence-corrected chi connectivity index (χ2v) is 52.0. The first-order chi connectivity index (χ1) is 68.7. The van der Waals surface area contributed by atoms with Crippen molar-refractivity contribution in [1.82, 2.24) is 0 Å². The molecule has 0 spiro atoms. The van der Waals surface area contributed by atoms with Crippen LogP contribution in [0.15, 0.2) is 445 Å². The Kier molecular flexibility index (Phi) is 45.7. The van der Waals surface area contributed by atoms with Crippen LogP contribution in [-0.4, -0.2) is 40.0 Å². The molecule has 738 valence electrons. The van der Waals surface area contributed by atoms with E-state index in [4.69, 9.17) is 8.85 Å². The molecule has 0 heterocycles. The van der Waals surface area contributed by atoms with Crippen molar-refractivity contribution in [3.8, 4) is 56.0 Å². The average Bonchev–Trinajstić information content (AvgIpc) is 0.801. The van der Waals surface area contributed by atoms with E-state index >= 15 is 0 Å². The zero-order chi connectivity index (χ0) is 104. The van der Waals surface area contributed by atoms with Crippen LogP contribution in [0.1, 0.15) is 122 Å². The molecule has 18 aromatic carbocycles. The van der Waals surface area contributed by atoms with Crippen molar-refractivity contribution in [2.75, 3.05) is 0 Å². The van der Waals surface area contributed by atoms with E-state index in [0.717, 1.165) is 28.2 Å². The van der Waals surface area contributed by atoms with Gasteiger partial charge in [0.05, 0.1) is 8.80 Å². The van der Waals surface area contributed by atoms with Crippen molar-refractivity contribution < 1.29 is 22.4 Å². The molecule has 0 N–H and O–H groups in total. The van der Waals surface area contributed by atoms with Gasteiger partial charge in [-0.05, 0) is 302 Å². The van der Waals surface area contributed by atoms with Crippen molar-refractivity contribution in [2.24, 2.45) is 0 Å². The Morgan fingerprint density at radius 2 is 0.451 bits per heavy atom. The smallest absolute Gasteiger partial charge is 0.206 e. The molecule has 0 aliphatic carbocycles. The van der Waals surface area contributed by atoms with Crippen molar-refractivity contribution in [1.29, 1.82) is 0 Å². The topological polar surface area (TPSA) is 75.7 Å². The summed E-state index contributed by atoms with van der Waals surface area (Å²) in [7, 11) is -4.29. The number of hydrogen-bond donors (Lipinski definition) is 0. The molecule has 0 saturated carbocycles. The van der Waals surface area contributed by atoms with Gasteiger partial charge in [0.1, 0.15) is 11.5 Å². The number of ether oxygens (including phenoxy) is 1. The van der Waals surface area contributed by atoms with Gasteiger partial charge in [0.2, 0.25) is 16.6 Å². The first-order valence-electron chi connectivity index (χ1n) is 49.6. The lowest BCUT2D eigenvalue weighted by Crippen LogP contribution is -2.57. The van der Waals surface area contributed by atoms with Crippen LogP contribution in [0, 0.1) is 132 Å². The van der Waals surface area contributed by atoms with Gasteiger partial charge in [-0.25, -0.2) is 0 Å². The van der Waals surface area contributed by atoms with Gasteiger partial charge in [0, 0.05) is 25.8 Å². The van der Waals surface area contributed by atoms with Crippen LogP contribution in [0.25, 0.3) is 44.5 Å². The molecule has 18 rings (SSSR count).